The number of nitrogens with zero attached hydrogens (tertiary/aromatic N) is 1. The first-order chi connectivity index (χ1) is 13.5. The molecular formula is C21H19F2N3O2. The van der Waals surface area contributed by atoms with E-state index in [9.17, 15) is 13.6 Å². The van der Waals surface area contributed by atoms with Crippen LogP contribution in [0.5, 0.6) is 5.75 Å². The van der Waals surface area contributed by atoms with Gasteiger partial charge in [-0.3, -0.25) is 9.78 Å². The fourth-order valence-corrected chi connectivity index (χ4v) is 2.58. The predicted octanol–water partition coefficient (Wildman–Crippen LogP) is 4.08. The highest BCUT2D eigenvalue weighted by molar-refractivity contribution is 5.93. The smallest absolute Gasteiger partial charge is 0.269 e. The van der Waals surface area contributed by atoms with Gasteiger partial charge in [0.15, 0.2) is 0 Å². The van der Waals surface area contributed by atoms with Crippen LogP contribution in [0.2, 0.25) is 0 Å². The molecule has 0 aliphatic rings. The lowest BCUT2D eigenvalue weighted by molar-refractivity contribution is 0.0949. The zero-order valence-corrected chi connectivity index (χ0v) is 15.2. The summed E-state index contributed by atoms with van der Waals surface area (Å²) in [6, 6.07) is 13.9. The molecule has 28 heavy (non-hydrogen) atoms. The lowest BCUT2D eigenvalue weighted by Crippen LogP contribution is -2.26. The number of halogens is 2. The van der Waals surface area contributed by atoms with Crippen LogP contribution in [0.3, 0.4) is 0 Å². The van der Waals surface area contributed by atoms with Gasteiger partial charge in [-0.1, -0.05) is 12.1 Å². The van der Waals surface area contributed by atoms with E-state index in [4.69, 9.17) is 4.74 Å². The summed E-state index contributed by atoms with van der Waals surface area (Å²) in [5.74, 6) is -0.937. The zero-order valence-electron chi connectivity index (χ0n) is 15.2. The second-order valence-electron chi connectivity index (χ2n) is 6.03. The van der Waals surface area contributed by atoms with Gasteiger partial charge in [0.1, 0.15) is 23.1 Å². The van der Waals surface area contributed by atoms with Crippen molar-refractivity contribution in [2.75, 3.05) is 19.0 Å². The maximum atomic E-state index is 13.8. The third kappa shape index (κ3) is 5.03. The van der Waals surface area contributed by atoms with Crippen LogP contribution in [-0.4, -0.2) is 24.5 Å². The van der Waals surface area contributed by atoms with Gasteiger partial charge in [-0.05, 0) is 48.4 Å². The molecule has 3 rings (SSSR count). The molecule has 0 bridgehead atoms. The molecular weight excluding hydrogens is 364 g/mol. The number of hydrogen-bond acceptors (Lipinski definition) is 4. The number of rotatable bonds is 7. The number of amides is 1. The number of benzene rings is 2. The minimum Gasteiger partial charge on any atom is -0.497 e. The summed E-state index contributed by atoms with van der Waals surface area (Å²) in [6.45, 7) is 0.442. The molecule has 0 saturated carbocycles. The van der Waals surface area contributed by atoms with Gasteiger partial charge in [0, 0.05) is 24.5 Å². The van der Waals surface area contributed by atoms with E-state index in [0.29, 0.717) is 18.7 Å². The summed E-state index contributed by atoms with van der Waals surface area (Å²) in [7, 11) is 1.61. The minimum absolute atomic E-state index is 0.110. The van der Waals surface area contributed by atoms with Crippen LogP contribution in [0.25, 0.3) is 0 Å². The molecule has 0 radical (unpaired) electrons. The van der Waals surface area contributed by atoms with Crippen molar-refractivity contribution in [1.82, 2.24) is 10.3 Å². The quantitative estimate of drug-likeness (QED) is 0.645. The van der Waals surface area contributed by atoms with Crippen LogP contribution in [0, 0.1) is 11.6 Å². The van der Waals surface area contributed by atoms with E-state index >= 15 is 0 Å². The molecule has 0 aliphatic carbocycles. The average molecular weight is 383 g/mol. The monoisotopic (exact) mass is 383 g/mol. The fraction of sp³-hybridized carbons (Fsp3) is 0.143. The second kappa shape index (κ2) is 8.94. The number of ether oxygens (including phenoxy) is 1. The van der Waals surface area contributed by atoms with Gasteiger partial charge in [-0.25, -0.2) is 8.78 Å². The summed E-state index contributed by atoms with van der Waals surface area (Å²) in [5.41, 5.74) is 1.85. The predicted molar refractivity (Wildman–Crippen MR) is 103 cm³/mol. The molecule has 2 N–H and O–H groups in total. The molecule has 0 aliphatic heterocycles. The van der Waals surface area contributed by atoms with Crippen molar-refractivity contribution in [2.24, 2.45) is 0 Å². The molecule has 0 atom stereocenters. The molecule has 1 heterocycles. The number of pyridine rings is 1. The minimum atomic E-state index is -0.720. The molecule has 5 nitrogen and oxygen atoms in total. The van der Waals surface area contributed by atoms with Crippen molar-refractivity contribution in [1.29, 1.82) is 0 Å². The molecule has 1 amide bonds. The van der Waals surface area contributed by atoms with E-state index in [1.54, 1.807) is 13.2 Å². The third-order valence-electron chi connectivity index (χ3n) is 4.06. The zero-order chi connectivity index (χ0) is 19.9. The van der Waals surface area contributed by atoms with E-state index in [-0.39, 0.29) is 17.3 Å². The molecule has 144 valence electrons. The number of aromatic nitrogens is 1. The molecule has 1 aromatic heterocycles. The summed E-state index contributed by atoms with van der Waals surface area (Å²) in [4.78, 5) is 16.4. The molecule has 0 saturated heterocycles. The topological polar surface area (TPSA) is 63.2 Å². The van der Waals surface area contributed by atoms with E-state index in [0.717, 1.165) is 23.4 Å². The van der Waals surface area contributed by atoms with Gasteiger partial charge >= 0.3 is 0 Å². The molecule has 0 spiro atoms. The largest absolute Gasteiger partial charge is 0.497 e. The van der Waals surface area contributed by atoms with Crippen LogP contribution in [0.15, 0.2) is 60.8 Å². The highest BCUT2D eigenvalue weighted by Gasteiger charge is 2.09. The molecule has 7 heteroatoms. The third-order valence-corrected chi connectivity index (χ3v) is 4.06. The number of anilines is 2. The number of hydrogen-bond donors (Lipinski definition) is 2. The van der Waals surface area contributed by atoms with Crippen molar-refractivity contribution >= 4 is 17.3 Å². The first kappa shape index (κ1) is 19.3. The number of nitrogens with one attached hydrogen (secondary N) is 2. The fourth-order valence-electron chi connectivity index (χ4n) is 2.58. The van der Waals surface area contributed by atoms with Crippen molar-refractivity contribution in [3.05, 3.63) is 83.7 Å². The molecule has 0 unspecified atom stereocenters. The highest BCUT2D eigenvalue weighted by Crippen LogP contribution is 2.20. The van der Waals surface area contributed by atoms with Crippen LogP contribution in [0.4, 0.5) is 20.2 Å². The maximum Gasteiger partial charge on any atom is 0.269 e. The van der Waals surface area contributed by atoms with E-state index in [1.165, 1.54) is 18.3 Å². The first-order valence-electron chi connectivity index (χ1n) is 8.64. The van der Waals surface area contributed by atoms with Gasteiger partial charge in [-0.2, -0.15) is 0 Å². The van der Waals surface area contributed by atoms with Gasteiger partial charge in [-0.15, -0.1) is 0 Å². The van der Waals surface area contributed by atoms with Crippen molar-refractivity contribution in [3.63, 3.8) is 0 Å². The van der Waals surface area contributed by atoms with E-state index < -0.39 is 11.6 Å². The Hall–Kier alpha value is -3.48. The Morgan fingerprint density at radius 1 is 1.07 bits per heavy atom. The number of carbonyl (C=O) groups excluding carboxylic acids is 1. The summed E-state index contributed by atoms with van der Waals surface area (Å²) in [5, 5.41) is 5.62. The van der Waals surface area contributed by atoms with Gasteiger partial charge in [0.05, 0.1) is 12.8 Å². The van der Waals surface area contributed by atoms with Crippen molar-refractivity contribution in [3.8, 4) is 5.75 Å². The van der Waals surface area contributed by atoms with Crippen LogP contribution in [0.1, 0.15) is 16.1 Å². The SMILES string of the molecule is COc1ccc(CCNC(=O)c2cc(Nc3ccc(F)cc3F)ccn2)cc1. The van der Waals surface area contributed by atoms with E-state index in [2.05, 4.69) is 15.6 Å². The second-order valence-corrected chi connectivity index (χ2v) is 6.03. The molecule has 2 aromatic carbocycles. The van der Waals surface area contributed by atoms with Crippen molar-refractivity contribution in [2.45, 2.75) is 6.42 Å². The molecule has 0 fully saturated rings. The Kier molecular flexibility index (Phi) is 6.16. The number of carbonyl (C=O) groups is 1. The first-order valence-corrected chi connectivity index (χ1v) is 8.64. The van der Waals surface area contributed by atoms with Crippen LogP contribution < -0.4 is 15.4 Å². The van der Waals surface area contributed by atoms with Crippen molar-refractivity contribution < 1.29 is 18.3 Å². The molecule has 3 aromatic rings. The van der Waals surface area contributed by atoms with Crippen LogP contribution >= 0.6 is 0 Å². The Labute approximate surface area is 161 Å². The Morgan fingerprint density at radius 3 is 2.57 bits per heavy atom. The average Bonchev–Trinajstić information content (AvgIpc) is 2.71. The van der Waals surface area contributed by atoms with Gasteiger partial charge in [0.2, 0.25) is 0 Å². The summed E-state index contributed by atoms with van der Waals surface area (Å²) >= 11 is 0. The van der Waals surface area contributed by atoms with E-state index in [1.807, 2.05) is 24.3 Å². The maximum absolute atomic E-state index is 13.8. The highest BCUT2D eigenvalue weighted by atomic mass is 19.1. The standard InChI is InChI=1S/C21H19F2N3O2/c1-28-17-5-2-14(3-6-17)8-10-25-21(27)20-13-16(9-11-24-20)26-19-7-4-15(22)12-18(19)23/h2-7,9,11-13H,8,10H2,1H3,(H,24,26)(H,25,27). The Bertz CT molecular complexity index is 962. The number of methoxy groups -OCH3 is 1. The van der Waals surface area contributed by atoms with Crippen LogP contribution in [-0.2, 0) is 6.42 Å². The lowest BCUT2D eigenvalue weighted by Gasteiger charge is -2.09. The summed E-state index contributed by atoms with van der Waals surface area (Å²) < 4.78 is 31.9. The Morgan fingerprint density at radius 2 is 1.86 bits per heavy atom. The van der Waals surface area contributed by atoms with Gasteiger partial charge < -0.3 is 15.4 Å². The normalized spacial score (nSPS) is 10.4. The Balaban J connectivity index is 1.58. The van der Waals surface area contributed by atoms with Gasteiger partial charge in [0.25, 0.3) is 5.91 Å². The summed E-state index contributed by atoms with van der Waals surface area (Å²) in [6.07, 6.45) is 2.11. The lowest BCUT2D eigenvalue weighted by atomic mass is 10.1.